The van der Waals surface area contributed by atoms with Crippen molar-refractivity contribution in [1.29, 1.82) is 0 Å². The zero-order chi connectivity index (χ0) is 13.9. The van der Waals surface area contributed by atoms with Gasteiger partial charge in [-0.1, -0.05) is 35.3 Å². The molecule has 3 aromatic rings. The molecule has 0 spiro atoms. The molecule has 0 saturated heterocycles. The molecule has 0 N–H and O–H groups in total. The molecule has 0 amide bonds. The van der Waals surface area contributed by atoms with Crippen LogP contribution < -0.4 is 4.74 Å². The summed E-state index contributed by atoms with van der Waals surface area (Å²) in [6.07, 6.45) is 3.42. The fourth-order valence-corrected chi connectivity index (χ4v) is 2.15. The van der Waals surface area contributed by atoms with Crippen LogP contribution in [0.4, 0.5) is 0 Å². The summed E-state index contributed by atoms with van der Waals surface area (Å²) in [5.74, 6) is 1.30. The van der Waals surface area contributed by atoms with Crippen molar-refractivity contribution in [2.24, 2.45) is 0 Å². The molecule has 2 aromatic carbocycles. The topological polar surface area (TPSA) is 27.1 Å². The lowest BCUT2D eigenvalue weighted by atomic mass is 10.3. The van der Waals surface area contributed by atoms with Gasteiger partial charge >= 0.3 is 0 Å². The van der Waals surface area contributed by atoms with Gasteiger partial charge in [0, 0.05) is 10.0 Å². The molecule has 0 unspecified atom stereocenters. The Morgan fingerprint density at radius 2 is 1.65 bits per heavy atom. The van der Waals surface area contributed by atoms with Crippen molar-refractivity contribution in [3.05, 3.63) is 71.0 Å². The highest BCUT2D eigenvalue weighted by molar-refractivity contribution is 6.31. The van der Waals surface area contributed by atoms with Crippen LogP contribution in [-0.2, 0) is 0 Å². The lowest BCUT2D eigenvalue weighted by Crippen LogP contribution is -1.93. The van der Waals surface area contributed by atoms with Crippen LogP contribution in [0.1, 0.15) is 0 Å². The molecule has 0 aliphatic rings. The fourth-order valence-electron chi connectivity index (χ4n) is 1.79. The average molecular weight is 305 g/mol. The minimum Gasteiger partial charge on any atom is -0.454 e. The van der Waals surface area contributed by atoms with E-state index in [1.165, 1.54) is 0 Å². The highest BCUT2D eigenvalue weighted by Gasteiger charge is 2.04. The molecular weight excluding hydrogens is 295 g/mol. The molecule has 20 heavy (non-hydrogen) atoms. The number of hydrogen-bond donors (Lipinski definition) is 0. The number of aromatic nitrogens is 2. The second kappa shape index (κ2) is 5.57. The highest BCUT2D eigenvalue weighted by atomic mass is 35.5. The Morgan fingerprint density at radius 3 is 2.40 bits per heavy atom. The molecular formula is C15H10Cl2N2O. The second-order valence-corrected chi connectivity index (χ2v) is 5.03. The summed E-state index contributed by atoms with van der Waals surface area (Å²) in [5, 5.41) is 5.54. The maximum atomic E-state index is 5.96. The third-order valence-corrected chi connectivity index (χ3v) is 3.13. The van der Waals surface area contributed by atoms with Crippen molar-refractivity contribution >= 4 is 23.2 Å². The van der Waals surface area contributed by atoms with Crippen LogP contribution in [0.25, 0.3) is 5.69 Å². The molecule has 5 heteroatoms. The summed E-state index contributed by atoms with van der Waals surface area (Å²) in [5.41, 5.74) is 0.874. The van der Waals surface area contributed by atoms with E-state index in [9.17, 15) is 0 Å². The summed E-state index contributed by atoms with van der Waals surface area (Å²) >= 11 is 11.9. The number of halogens is 2. The number of benzene rings is 2. The first-order valence-corrected chi connectivity index (χ1v) is 6.70. The standard InChI is InChI=1S/C15H10Cl2N2O/c16-11-3-1-5-13(7-11)19-10-15(9-18-19)20-14-6-2-4-12(17)8-14/h1-10H. The Labute approximate surface area is 126 Å². The number of ether oxygens (including phenoxy) is 1. The quantitative estimate of drug-likeness (QED) is 0.683. The lowest BCUT2D eigenvalue weighted by Gasteiger charge is -2.03. The molecule has 3 rings (SSSR count). The number of nitrogens with zero attached hydrogens (tertiary/aromatic N) is 2. The molecule has 0 aliphatic heterocycles. The molecule has 1 heterocycles. The first kappa shape index (κ1) is 13.0. The van der Waals surface area contributed by atoms with E-state index in [1.807, 2.05) is 36.4 Å². The van der Waals surface area contributed by atoms with Gasteiger partial charge in [0.25, 0.3) is 0 Å². The normalized spacial score (nSPS) is 10.5. The number of rotatable bonds is 3. The smallest absolute Gasteiger partial charge is 0.165 e. The van der Waals surface area contributed by atoms with Crippen LogP contribution >= 0.6 is 23.2 Å². The van der Waals surface area contributed by atoms with Crippen LogP contribution in [0.5, 0.6) is 11.5 Å². The van der Waals surface area contributed by atoms with Gasteiger partial charge in [-0.15, -0.1) is 0 Å². The second-order valence-electron chi connectivity index (χ2n) is 4.16. The van der Waals surface area contributed by atoms with Gasteiger partial charge in [-0.25, -0.2) is 4.68 Å². The summed E-state index contributed by atoms with van der Waals surface area (Å²) < 4.78 is 7.39. The Bertz CT molecular complexity index is 740. The zero-order valence-corrected chi connectivity index (χ0v) is 11.8. The van der Waals surface area contributed by atoms with Gasteiger partial charge in [-0.05, 0) is 36.4 Å². The zero-order valence-electron chi connectivity index (χ0n) is 10.3. The van der Waals surface area contributed by atoms with Gasteiger partial charge < -0.3 is 4.74 Å². The van der Waals surface area contributed by atoms with E-state index in [4.69, 9.17) is 27.9 Å². The van der Waals surface area contributed by atoms with Gasteiger partial charge in [0.05, 0.1) is 18.1 Å². The molecule has 0 saturated carbocycles. The molecule has 0 fully saturated rings. The maximum absolute atomic E-state index is 5.96. The Kier molecular flexibility index (Phi) is 3.63. The maximum Gasteiger partial charge on any atom is 0.165 e. The van der Waals surface area contributed by atoms with Gasteiger partial charge in [0.15, 0.2) is 5.75 Å². The van der Waals surface area contributed by atoms with Crippen molar-refractivity contribution in [3.63, 3.8) is 0 Å². The SMILES string of the molecule is Clc1cccc(Oc2cnn(-c3cccc(Cl)c3)c2)c1. The van der Waals surface area contributed by atoms with E-state index in [1.54, 1.807) is 29.2 Å². The van der Waals surface area contributed by atoms with E-state index in [2.05, 4.69) is 5.10 Å². The van der Waals surface area contributed by atoms with Gasteiger partial charge in [0.1, 0.15) is 5.75 Å². The predicted molar refractivity (Wildman–Crippen MR) is 80.1 cm³/mol. The Balaban J connectivity index is 1.84. The van der Waals surface area contributed by atoms with Crippen molar-refractivity contribution in [2.45, 2.75) is 0 Å². The highest BCUT2D eigenvalue weighted by Crippen LogP contribution is 2.24. The molecule has 0 radical (unpaired) electrons. The lowest BCUT2D eigenvalue weighted by molar-refractivity contribution is 0.482. The monoisotopic (exact) mass is 304 g/mol. The summed E-state index contributed by atoms with van der Waals surface area (Å²) in [6.45, 7) is 0. The van der Waals surface area contributed by atoms with Gasteiger partial charge in [-0.3, -0.25) is 0 Å². The van der Waals surface area contributed by atoms with Crippen molar-refractivity contribution in [2.75, 3.05) is 0 Å². The minimum absolute atomic E-state index is 0.629. The average Bonchev–Trinajstić information content (AvgIpc) is 2.87. The Morgan fingerprint density at radius 1 is 0.900 bits per heavy atom. The third-order valence-electron chi connectivity index (χ3n) is 2.66. The first-order valence-electron chi connectivity index (χ1n) is 5.95. The van der Waals surface area contributed by atoms with E-state index in [0.29, 0.717) is 21.5 Å². The van der Waals surface area contributed by atoms with Crippen LogP contribution in [0.3, 0.4) is 0 Å². The molecule has 100 valence electrons. The molecule has 0 aliphatic carbocycles. The van der Waals surface area contributed by atoms with E-state index >= 15 is 0 Å². The van der Waals surface area contributed by atoms with Gasteiger partial charge in [-0.2, -0.15) is 5.10 Å². The van der Waals surface area contributed by atoms with Crippen LogP contribution in [-0.4, -0.2) is 9.78 Å². The minimum atomic E-state index is 0.629. The van der Waals surface area contributed by atoms with Crippen molar-refractivity contribution in [1.82, 2.24) is 9.78 Å². The molecule has 3 nitrogen and oxygen atoms in total. The van der Waals surface area contributed by atoms with E-state index < -0.39 is 0 Å². The summed E-state index contributed by atoms with van der Waals surface area (Å²) in [7, 11) is 0. The summed E-state index contributed by atoms with van der Waals surface area (Å²) in [4.78, 5) is 0. The van der Waals surface area contributed by atoms with Crippen molar-refractivity contribution in [3.8, 4) is 17.2 Å². The molecule has 0 bridgehead atoms. The first-order chi connectivity index (χ1) is 9.70. The fraction of sp³-hybridized carbons (Fsp3) is 0. The largest absolute Gasteiger partial charge is 0.454 e. The van der Waals surface area contributed by atoms with Crippen molar-refractivity contribution < 1.29 is 4.74 Å². The van der Waals surface area contributed by atoms with E-state index in [-0.39, 0.29) is 0 Å². The van der Waals surface area contributed by atoms with E-state index in [0.717, 1.165) is 5.69 Å². The summed E-state index contributed by atoms with van der Waals surface area (Å²) in [6, 6.07) is 14.7. The predicted octanol–water partition coefficient (Wildman–Crippen LogP) is 4.97. The third kappa shape index (κ3) is 2.95. The molecule has 0 atom stereocenters. The van der Waals surface area contributed by atoms with Crippen LogP contribution in [0.2, 0.25) is 10.0 Å². The van der Waals surface area contributed by atoms with Crippen LogP contribution in [0, 0.1) is 0 Å². The molecule has 1 aromatic heterocycles. The van der Waals surface area contributed by atoms with Crippen LogP contribution in [0.15, 0.2) is 60.9 Å². The number of hydrogen-bond acceptors (Lipinski definition) is 2. The van der Waals surface area contributed by atoms with Gasteiger partial charge in [0.2, 0.25) is 0 Å². The Hall–Kier alpha value is -1.97.